The van der Waals surface area contributed by atoms with E-state index in [1.165, 1.54) is 5.54 Å². The number of sulfonamides is 1. The lowest BCUT2D eigenvalue weighted by atomic mass is 10.0. The van der Waals surface area contributed by atoms with Crippen LogP contribution in [0.2, 0.25) is 0 Å². The van der Waals surface area contributed by atoms with Crippen LogP contribution in [0, 0.1) is 6.92 Å². The van der Waals surface area contributed by atoms with Crippen LogP contribution in [0.5, 0.6) is 5.75 Å². The molecule has 0 bridgehead atoms. The van der Waals surface area contributed by atoms with Gasteiger partial charge in [0.15, 0.2) is 0 Å². The van der Waals surface area contributed by atoms with E-state index >= 15 is 0 Å². The highest BCUT2D eigenvalue weighted by Gasteiger charge is 2.18. The Labute approximate surface area is 129 Å². The van der Waals surface area contributed by atoms with Gasteiger partial charge in [0.25, 0.3) is 0 Å². The summed E-state index contributed by atoms with van der Waals surface area (Å²) in [5.74, 6) is 0.645. The van der Waals surface area contributed by atoms with Gasteiger partial charge in [-0.15, -0.1) is 0 Å². The molecule has 7 heteroatoms. The molecule has 0 saturated carbocycles. The molecular formula is C13H17Cl2NO3S. The Hall–Kier alpha value is -0.750. The van der Waals surface area contributed by atoms with Crippen molar-refractivity contribution in [3.05, 3.63) is 33.8 Å². The van der Waals surface area contributed by atoms with Gasteiger partial charge >= 0.3 is 0 Å². The number of hydrogen-bond donors (Lipinski definition) is 1. The van der Waals surface area contributed by atoms with E-state index in [4.69, 9.17) is 33.1 Å². The Bertz CT molecular complexity index is 625. The van der Waals surface area contributed by atoms with Crippen molar-refractivity contribution in [2.75, 3.05) is 6.61 Å². The van der Waals surface area contributed by atoms with Gasteiger partial charge in [0, 0.05) is 5.54 Å². The average molecular weight is 338 g/mol. The number of benzene rings is 1. The van der Waals surface area contributed by atoms with E-state index in [2.05, 4.69) is 0 Å². The summed E-state index contributed by atoms with van der Waals surface area (Å²) in [6, 6.07) is 3.19. The number of primary sulfonamides is 1. The van der Waals surface area contributed by atoms with E-state index in [0.29, 0.717) is 16.3 Å². The first-order chi connectivity index (χ1) is 9.16. The molecule has 0 saturated heterocycles. The van der Waals surface area contributed by atoms with Crippen molar-refractivity contribution < 1.29 is 13.2 Å². The van der Waals surface area contributed by atoms with Crippen LogP contribution in [-0.2, 0) is 10.0 Å². The Morgan fingerprint density at radius 2 is 2.05 bits per heavy atom. The molecule has 4 nitrogen and oxygen atoms in total. The summed E-state index contributed by atoms with van der Waals surface area (Å²) in [4.78, 5) is 0.104. The number of halogens is 2. The summed E-state index contributed by atoms with van der Waals surface area (Å²) in [6.07, 6.45) is 0. The molecule has 112 valence electrons. The van der Waals surface area contributed by atoms with Crippen LogP contribution in [0.4, 0.5) is 0 Å². The molecule has 1 aromatic rings. The van der Waals surface area contributed by atoms with Gasteiger partial charge in [0.1, 0.15) is 12.4 Å². The second kappa shape index (κ2) is 6.80. The normalized spacial score (nSPS) is 12.8. The van der Waals surface area contributed by atoms with Crippen LogP contribution in [0.1, 0.15) is 30.9 Å². The third-order valence-electron chi connectivity index (χ3n) is 2.72. The first-order valence-electron chi connectivity index (χ1n) is 5.91. The maximum absolute atomic E-state index is 11.5. The number of nitrogens with two attached hydrogens (primary N) is 1. The largest absolute Gasteiger partial charge is 0.488 e. The molecule has 0 spiro atoms. The molecule has 0 aliphatic rings. The minimum absolute atomic E-state index is 0.0739. The van der Waals surface area contributed by atoms with Crippen molar-refractivity contribution in [3.8, 4) is 5.75 Å². The van der Waals surface area contributed by atoms with Crippen LogP contribution in [0.25, 0.3) is 0 Å². The number of rotatable bonds is 5. The Morgan fingerprint density at radius 1 is 1.45 bits per heavy atom. The van der Waals surface area contributed by atoms with Crippen molar-refractivity contribution in [1.29, 1.82) is 0 Å². The van der Waals surface area contributed by atoms with E-state index in [1.807, 2.05) is 13.8 Å². The maximum Gasteiger partial charge on any atom is 0.238 e. The lowest BCUT2D eigenvalue weighted by Gasteiger charge is -2.16. The molecule has 1 aromatic carbocycles. The van der Waals surface area contributed by atoms with Gasteiger partial charge in [-0.2, -0.15) is 0 Å². The molecule has 2 N–H and O–H groups in total. The molecule has 0 amide bonds. The highest BCUT2D eigenvalue weighted by atomic mass is 35.5. The van der Waals surface area contributed by atoms with Crippen molar-refractivity contribution in [2.45, 2.75) is 31.6 Å². The van der Waals surface area contributed by atoms with E-state index in [9.17, 15) is 8.42 Å². The molecule has 20 heavy (non-hydrogen) atoms. The van der Waals surface area contributed by atoms with Gasteiger partial charge < -0.3 is 4.74 Å². The summed E-state index contributed by atoms with van der Waals surface area (Å²) in [7, 11) is -3.76. The van der Waals surface area contributed by atoms with Gasteiger partial charge in [-0.3, -0.25) is 0 Å². The van der Waals surface area contributed by atoms with Gasteiger partial charge in [0.05, 0.1) is 9.93 Å². The summed E-state index contributed by atoms with van der Waals surface area (Å²) in [5.41, 5.74) is 2.50. The number of aryl methyl sites for hydroxylation is 1. The first kappa shape index (κ1) is 17.3. The maximum atomic E-state index is 11.5. The monoisotopic (exact) mass is 337 g/mol. The predicted octanol–water partition coefficient (Wildman–Crippen LogP) is 3.46. The molecule has 0 unspecified atom stereocenters. The van der Waals surface area contributed by atoms with Crippen LogP contribution in [-0.4, -0.2) is 15.0 Å². The predicted molar refractivity (Wildman–Crippen MR) is 81.9 cm³/mol. The van der Waals surface area contributed by atoms with Gasteiger partial charge in [-0.1, -0.05) is 37.0 Å². The molecule has 0 radical (unpaired) electrons. The number of hydrogen-bond acceptors (Lipinski definition) is 3. The SMILES string of the molecule is Cc1cc(OC/C(Cl)=C/Cl)c(C(C)C)cc1S(N)(=O)=O. The zero-order chi connectivity index (χ0) is 15.5. The standard InChI is InChI=1S/C13H17Cl2NO3S/c1-8(2)11-5-13(20(16,17)18)9(3)4-12(11)19-7-10(15)6-14/h4-6,8H,7H2,1-3H3,(H2,16,17,18)/b10-6-. The minimum Gasteiger partial charge on any atom is -0.488 e. The van der Waals surface area contributed by atoms with E-state index in [-0.39, 0.29) is 17.4 Å². The smallest absolute Gasteiger partial charge is 0.238 e. The molecule has 0 aliphatic heterocycles. The molecule has 0 fully saturated rings. The topological polar surface area (TPSA) is 69.4 Å². The van der Waals surface area contributed by atoms with Gasteiger partial charge in [-0.25, -0.2) is 13.6 Å². The Kier molecular flexibility index (Phi) is 5.89. The van der Waals surface area contributed by atoms with Crippen molar-refractivity contribution >= 4 is 33.2 Å². The first-order valence-corrected chi connectivity index (χ1v) is 8.27. The second-order valence-electron chi connectivity index (χ2n) is 4.70. The molecule has 0 heterocycles. The molecule has 0 aliphatic carbocycles. The van der Waals surface area contributed by atoms with Crippen LogP contribution >= 0.6 is 23.2 Å². The zero-order valence-electron chi connectivity index (χ0n) is 11.5. The van der Waals surface area contributed by atoms with Crippen LogP contribution in [0.15, 0.2) is 27.6 Å². The highest BCUT2D eigenvalue weighted by Crippen LogP contribution is 2.31. The van der Waals surface area contributed by atoms with Crippen molar-refractivity contribution in [1.82, 2.24) is 0 Å². The summed E-state index contributed by atoms with van der Waals surface area (Å²) in [5, 5.41) is 5.56. The number of ether oxygens (including phenoxy) is 1. The highest BCUT2D eigenvalue weighted by molar-refractivity contribution is 7.89. The zero-order valence-corrected chi connectivity index (χ0v) is 13.8. The van der Waals surface area contributed by atoms with Gasteiger partial charge in [0.2, 0.25) is 10.0 Å². The second-order valence-corrected chi connectivity index (χ2v) is 6.93. The quantitative estimate of drug-likeness (QED) is 0.894. The summed E-state index contributed by atoms with van der Waals surface area (Å²) >= 11 is 11.2. The fourth-order valence-corrected chi connectivity index (χ4v) is 2.65. The van der Waals surface area contributed by atoms with Crippen molar-refractivity contribution in [2.24, 2.45) is 5.14 Å². The molecule has 0 aromatic heterocycles. The molecular weight excluding hydrogens is 321 g/mol. The van der Waals surface area contributed by atoms with E-state index < -0.39 is 10.0 Å². The van der Waals surface area contributed by atoms with Gasteiger partial charge in [-0.05, 0) is 36.1 Å². The average Bonchev–Trinajstić information content (AvgIpc) is 2.33. The van der Waals surface area contributed by atoms with Crippen LogP contribution < -0.4 is 9.88 Å². The Morgan fingerprint density at radius 3 is 2.50 bits per heavy atom. The summed E-state index contributed by atoms with van der Waals surface area (Å²) in [6.45, 7) is 5.65. The molecule has 1 rings (SSSR count). The molecule has 0 atom stereocenters. The summed E-state index contributed by atoms with van der Waals surface area (Å²) < 4.78 is 28.7. The van der Waals surface area contributed by atoms with E-state index in [1.54, 1.807) is 19.1 Å². The van der Waals surface area contributed by atoms with E-state index in [0.717, 1.165) is 5.56 Å². The fraction of sp³-hybridized carbons (Fsp3) is 0.385. The minimum atomic E-state index is -3.76. The Balaban J connectivity index is 3.28. The third kappa shape index (κ3) is 4.38. The lowest BCUT2D eigenvalue weighted by Crippen LogP contribution is -2.15. The van der Waals surface area contributed by atoms with Crippen molar-refractivity contribution in [3.63, 3.8) is 0 Å². The van der Waals surface area contributed by atoms with Crippen LogP contribution in [0.3, 0.4) is 0 Å². The third-order valence-corrected chi connectivity index (χ3v) is 4.37. The fourth-order valence-electron chi connectivity index (χ4n) is 1.74. The lowest BCUT2D eigenvalue weighted by molar-refractivity contribution is 0.353.